The molecule has 30 heavy (non-hydrogen) atoms. The van der Waals surface area contributed by atoms with Gasteiger partial charge in [0.15, 0.2) is 5.78 Å². The van der Waals surface area contributed by atoms with E-state index in [1.165, 1.54) is 5.56 Å². The van der Waals surface area contributed by atoms with Crippen molar-refractivity contribution in [3.8, 4) is 5.75 Å². The second-order valence-corrected chi connectivity index (χ2v) is 8.42. The van der Waals surface area contributed by atoms with Gasteiger partial charge in [-0.2, -0.15) is 0 Å². The maximum atomic E-state index is 12.9. The van der Waals surface area contributed by atoms with E-state index in [1.807, 2.05) is 36.7 Å². The molecule has 1 aromatic carbocycles. The smallest absolute Gasteiger partial charge is 0.166 e. The Labute approximate surface area is 178 Å². The fraction of sp³-hybridized carbons (Fsp3) is 0.500. The van der Waals surface area contributed by atoms with Crippen LogP contribution in [0.4, 0.5) is 0 Å². The highest BCUT2D eigenvalue weighted by Gasteiger charge is 2.35. The maximum absolute atomic E-state index is 12.9. The van der Waals surface area contributed by atoms with Crippen LogP contribution in [-0.4, -0.2) is 71.1 Å². The number of nitrogens with zero attached hydrogens (tertiary/aromatic N) is 3. The van der Waals surface area contributed by atoms with Gasteiger partial charge in [-0.15, -0.1) is 0 Å². The zero-order valence-electron chi connectivity index (χ0n) is 17.6. The molecule has 2 aromatic rings. The van der Waals surface area contributed by atoms with E-state index >= 15 is 0 Å². The number of hydrogen-bond acceptors (Lipinski definition) is 6. The molecule has 3 heterocycles. The largest absolute Gasteiger partial charge is 0.497 e. The average Bonchev–Trinajstić information content (AvgIpc) is 2.81. The summed E-state index contributed by atoms with van der Waals surface area (Å²) in [7, 11) is 1.63. The number of ether oxygens (including phenoxy) is 1. The van der Waals surface area contributed by atoms with Crippen LogP contribution in [0.3, 0.4) is 0 Å². The van der Waals surface area contributed by atoms with Crippen molar-refractivity contribution < 1.29 is 14.6 Å². The molecule has 2 aliphatic rings. The first-order chi connectivity index (χ1) is 14.6. The number of methoxy groups -OCH3 is 1. The molecule has 0 spiro atoms. The van der Waals surface area contributed by atoms with Crippen molar-refractivity contribution in [2.24, 2.45) is 5.92 Å². The van der Waals surface area contributed by atoms with Crippen molar-refractivity contribution in [3.63, 3.8) is 0 Å². The van der Waals surface area contributed by atoms with Crippen molar-refractivity contribution in [1.29, 1.82) is 0 Å². The Bertz CT molecular complexity index is 819. The molecule has 0 saturated carbocycles. The molecule has 2 fully saturated rings. The molecule has 1 aromatic heterocycles. The monoisotopic (exact) mass is 409 g/mol. The van der Waals surface area contributed by atoms with Crippen LogP contribution in [0.2, 0.25) is 0 Å². The molecule has 2 atom stereocenters. The number of Topliss-reactive ketones (excluding diaryl/α,β-unsaturated/α-hetero) is 1. The molecule has 2 aliphatic heterocycles. The van der Waals surface area contributed by atoms with Crippen LogP contribution >= 0.6 is 0 Å². The number of aliphatic hydroxyl groups is 1. The molecule has 6 nitrogen and oxygen atoms in total. The first kappa shape index (κ1) is 21.0. The van der Waals surface area contributed by atoms with E-state index in [1.54, 1.807) is 7.11 Å². The van der Waals surface area contributed by atoms with E-state index in [0.29, 0.717) is 0 Å². The van der Waals surface area contributed by atoms with Crippen LogP contribution < -0.4 is 4.74 Å². The second-order valence-electron chi connectivity index (χ2n) is 8.42. The van der Waals surface area contributed by atoms with E-state index in [4.69, 9.17) is 4.74 Å². The lowest BCUT2D eigenvalue weighted by Crippen LogP contribution is -2.56. The van der Waals surface area contributed by atoms with Crippen molar-refractivity contribution in [3.05, 3.63) is 59.9 Å². The van der Waals surface area contributed by atoms with Gasteiger partial charge in [0, 0.05) is 49.6 Å². The highest BCUT2D eigenvalue weighted by atomic mass is 16.5. The predicted octanol–water partition coefficient (Wildman–Crippen LogP) is 2.62. The highest BCUT2D eigenvalue weighted by molar-refractivity contribution is 5.98. The number of pyridine rings is 1. The summed E-state index contributed by atoms with van der Waals surface area (Å²) < 4.78 is 5.18. The van der Waals surface area contributed by atoms with Gasteiger partial charge in [-0.25, -0.2) is 0 Å². The Hall–Kier alpha value is -2.28. The maximum Gasteiger partial charge on any atom is 0.166 e. The van der Waals surface area contributed by atoms with Crippen molar-refractivity contribution in [2.45, 2.75) is 38.0 Å². The molecule has 0 radical (unpaired) electrons. The molecule has 2 saturated heterocycles. The number of aliphatic hydroxyl groups excluding tert-OH is 1. The fourth-order valence-corrected chi connectivity index (χ4v) is 4.72. The summed E-state index contributed by atoms with van der Waals surface area (Å²) >= 11 is 0. The van der Waals surface area contributed by atoms with E-state index in [9.17, 15) is 9.90 Å². The summed E-state index contributed by atoms with van der Waals surface area (Å²) in [6.07, 6.45) is 5.84. The first-order valence-corrected chi connectivity index (χ1v) is 10.9. The Morgan fingerprint density at radius 1 is 1.07 bits per heavy atom. The van der Waals surface area contributed by atoms with Crippen molar-refractivity contribution in [2.75, 3.05) is 33.3 Å². The summed E-state index contributed by atoms with van der Waals surface area (Å²) in [6, 6.07) is 11.6. The molecule has 6 heteroatoms. The molecule has 160 valence electrons. The summed E-state index contributed by atoms with van der Waals surface area (Å²) in [5, 5.41) is 10.7. The number of benzene rings is 1. The SMILES string of the molecule is COc1ccc(C(=O)C2CCN(C3CN(Cc4ccncc4)CCC3O)CC2)cc1. The normalized spacial score (nSPS) is 23.9. The van der Waals surface area contributed by atoms with Crippen LogP contribution in [0.5, 0.6) is 5.75 Å². The third kappa shape index (κ3) is 4.89. The van der Waals surface area contributed by atoms with Gasteiger partial charge in [0.05, 0.1) is 13.2 Å². The van der Waals surface area contributed by atoms with E-state index in [-0.39, 0.29) is 23.8 Å². The molecular formula is C24H31N3O3. The second kappa shape index (κ2) is 9.69. The van der Waals surface area contributed by atoms with E-state index < -0.39 is 0 Å². The minimum Gasteiger partial charge on any atom is -0.497 e. The van der Waals surface area contributed by atoms with Crippen LogP contribution in [0.15, 0.2) is 48.8 Å². The summed E-state index contributed by atoms with van der Waals surface area (Å²) in [5.41, 5.74) is 2.01. The van der Waals surface area contributed by atoms with Gasteiger partial charge in [0.25, 0.3) is 0 Å². The van der Waals surface area contributed by atoms with E-state index in [2.05, 4.69) is 26.9 Å². The van der Waals surface area contributed by atoms with Crippen molar-refractivity contribution in [1.82, 2.24) is 14.8 Å². The number of hydrogen-bond donors (Lipinski definition) is 1. The number of piperidine rings is 2. The van der Waals surface area contributed by atoms with Crippen LogP contribution in [0.25, 0.3) is 0 Å². The van der Waals surface area contributed by atoms with Gasteiger partial charge in [-0.3, -0.25) is 19.6 Å². The number of ketones is 1. The highest BCUT2D eigenvalue weighted by Crippen LogP contribution is 2.27. The molecule has 0 aliphatic carbocycles. The lowest BCUT2D eigenvalue weighted by molar-refractivity contribution is -0.0243. The van der Waals surface area contributed by atoms with Crippen LogP contribution in [0, 0.1) is 5.92 Å². The molecule has 1 N–H and O–H groups in total. The van der Waals surface area contributed by atoms with Gasteiger partial charge in [-0.1, -0.05) is 0 Å². The minimum atomic E-state index is -0.299. The van der Waals surface area contributed by atoms with E-state index in [0.717, 1.165) is 63.3 Å². The van der Waals surface area contributed by atoms with Crippen molar-refractivity contribution >= 4 is 5.78 Å². The standard InChI is InChI=1S/C24H31N3O3/c1-30-21-4-2-19(3-5-21)24(29)20-8-14-27(15-9-20)22-17-26(13-10-23(22)28)16-18-6-11-25-12-7-18/h2-7,11-12,20,22-23,28H,8-10,13-17H2,1H3. The lowest BCUT2D eigenvalue weighted by atomic mass is 9.87. The Morgan fingerprint density at radius 3 is 2.43 bits per heavy atom. The first-order valence-electron chi connectivity index (χ1n) is 10.9. The average molecular weight is 410 g/mol. The van der Waals surface area contributed by atoms with Gasteiger partial charge >= 0.3 is 0 Å². The number of likely N-dealkylation sites (tertiary alicyclic amines) is 2. The summed E-state index contributed by atoms with van der Waals surface area (Å²) in [5.74, 6) is 1.05. The predicted molar refractivity (Wildman–Crippen MR) is 116 cm³/mol. The number of aromatic nitrogens is 1. The zero-order chi connectivity index (χ0) is 20.9. The molecule has 0 bridgehead atoms. The molecule has 2 unspecified atom stereocenters. The molecular weight excluding hydrogens is 378 g/mol. The zero-order valence-corrected chi connectivity index (χ0v) is 17.6. The van der Waals surface area contributed by atoms with Crippen LogP contribution in [0.1, 0.15) is 35.2 Å². The summed E-state index contributed by atoms with van der Waals surface area (Å²) in [6.45, 7) is 4.37. The van der Waals surface area contributed by atoms with Crippen LogP contribution in [-0.2, 0) is 6.54 Å². The Kier molecular flexibility index (Phi) is 6.77. The Balaban J connectivity index is 1.32. The topological polar surface area (TPSA) is 65.9 Å². The molecule has 4 rings (SSSR count). The number of carbonyl (C=O) groups is 1. The Morgan fingerprint density at radius 2 is 1.77 bits per heavy atom. The quantitative estimate of drug-likeness (QED) is 0.740. The van der Waals surface area contributed by atoms with Gasteiger partial charge < -0.3 is 9.84 Å². The minimum absolute atomic E-state index is 0.0586. The fourth-order valence-electron chi connectivity index (χ4n) is 4.72. The van der Waals surface area contributed by atoms with Gasteiger partial charge in [0.1, 0.15) is 5.75 Å². The summed E-state index contributed by atoms with van der Waals surface area (Å²) in [4.78, 5) is 21.8. The third-order valence-corrected chi connectivity index (χ3v) is 6.53. The lowest BCUT2D eigenvalue weighted by Gasteiger charge is -2.44. The molecule has 0 amide bonds. The van der Waals surface area contributed by atoms with Gasteiger partial charge in [-0.05, 0) is 74.3 Å². The number of rotatable bonds is 6. The van der Waals surface area contributed by atoms with Gasteiger partial charge in [0.2, 0.25) is 0 Å². The number of carbonyl (C=O) groups excluding carboxylic acids is 1. The third-order valence-electron chi connectivity index (χ3n) is 6.53.